The lowest BCUT2D eigenvalue weighted by Crippen LogP contribution is -2.58. The first-order valence-electron chi connectivity index (χ1n) is 7.46. The van der Waals surface area contributed by atoms with Gasteiger partial charge in [0.2, 0.25) is 0 Å². The summed E-state index contributed by atoms with van der Waals surface area (Å²) in [6, 6.07) is 1.58. The highest BCUT2D eigenvalue weighted by atomic mass is 16.4. The van der Waals surface area contributed by atoms with Crippen LogP contribution in [0, 0.1) is 11.8 Å². The molecule has 100 valence electrons. The number of aliphatic carboxylic acids is 1. The fourth-order valence-corrected chi connectivity index (χ4v) is 5.08. The van der Waals surface area contributed by atoms with Gasteiger partial charge in [-0.3, -0.25) is 9.69 Å². The summed E-state index contributed by atoms with van der Waals surface area (Å²) in [6.45, 7) is 3.74. The smallest absolute Gasteiger partial charge is 0.308 e. The van der Waals surface area contributed by atoms with Crippen LogP contribution < -0.4 is 0 Å². The monoisotopic (exact) mass is 250 g/mol. The Morgan fingerprint density at radius 1 is 1.06 bits per heavy atom. The molecule has 0 spiro atoms. The second-order valence-electron chi connectivity index (χ2n) is 6.63. The molecule has 0 aromatic heterocycles. The van der Waals surface area contributed by atoms with Crippen molar-refractivity contribution >= 4 is 5.97 Å². The highest BCUT2D eigenvalue weighted by Crippen LogP contribution is 2.46. The van der Waals surface area contributed by atoms with Crippen LogP contribution >= 0.6 is 0 Å². The Bertz CT molecular complexity index is 365. The van der Waals surface area contributed by atoms with Crippen LogP contribution in [0.5, 0.6) is 0 Å². The molecule has 5 rings (SSSR count). The maximum atomic E-state index is 11.3. The number of carboxylic acids is 1. The van der Waals surface area contributed by atoms with E-state index in [2.05, 4.69) is 9.80 Å². The van der Waals surface area contributed by atoms with Gasteiger partial charge in [0.05, 0.1) is 5.92 Å². The summed E-state index contributed by atoms with van der Waals surface area (Å²) >= 11 is 0. The zero-order chi connectivity index (χ0) is 12.3. The molecule has 0 aromatic carbocycles. The molecular weight excluding hydrogens is 228 g/mol. The quantitative estimate of drug-likeness (QED) is 0.794. The average molecular weight is 250 g/mol. The first-order valence-corrected chi connectivity index (χ1v) is 7.46. The maximum absolute atomic E-state index is 11.3. The Balaban J connectivity index is 1.57. The Morgan fingerprint density at radius 2 is 1.83 bits per heavy atom. The molecule has 0 aromatic rings. The van der Waals surface area contributed by atoms with E-state index in [1.54, 1.807) is 0 Å². The third-order valence-electron chi connectivity index (χ3n) is 5.91. The minimum Gasteiger partial charge on any atom is -0.481 e. The van der Waals surface area contributed by atoms with E-state index in [1.807, 2.05) is 0 Å². The van der Waals surface area contributed by atoms with Crippen molar-refractivity contribution in [3.05, 3.63) is 0 Å². The normalized spacial score (nSPS) is 50.9. The van der Waals surface area contributed by atoms with Gasteiger partial charge in [0.25, 0.3) is 0 Å². The number of piperidine rings is 3. The van der Waals surface area contributed by atoms with E-state index in [0.717, 1.165) is 18.8 Å². The predicted molar refractivity (Wildman–Crippen MR) is 67.3 cm³/mol. The summed E-state index contributed by atoms with van der Waals surface area (Å²) in [5.74, 6) is 0.193. The van der Waals surface area contributed by atoms with Crippen LogP contribution in [0.15, 0.2) is 0 Å². The molecule has 5 heterocycles. The van der Waals surface area contributed by atoms with E-state index >= 15 is 0 Å². The number of nitrogens with zero attached hydrogens (tertiary/aromatic N) is 2. The van der Waals surface area contributed by atoms with E-state index in [1.165, 1.54) is 38.9 Å². The standard InChI is InChI=1S/C14H22N2O2/c17-14(18)11-7-10-1-2-12(11)16(10)13-8-15-5-3-9(13)4-6-15/h9-13H,1-8H2,(H,17,18). The molecule has 5 saturated heterocycles. The van der Waals surface area contributed by atoms with Gasteiger partial charge < -0.3 is 10.0 Å². The molecule has 0 aliphatic carbocycles. The van der Waals surface area contributed by atoms with Crippen LogP contribution in [0.3, 0.4) is 0 Å². The second kappa shape index (κ2) is 3.94. The first-order chi connectivity index (χ1) is 8.74. The topological polar surface area (TPSA) is 43.8 Å². The lowest BCUT2D eigenvalue weighted by atomic mass is 9.82. The number of fused-ring (bicyclic) bond motifs is 6. The van der Waals surface area contributed by atoms with Crippen LogP contribution in [-0.4, -0.2) is 58.6 Å². The molecule has 0 amide bonds. The Hall–Kier alpha value is -0.610. The van der Waals surface area contributed by atoms with E-state index in [0.29, 0.717) is 18.1 Å². The summed E-state index contributed by atoms with van der Waals surface area (Å²) < 4.78 is 0. The van der Waals surface area contributed by atoms with Crippen molar-refractivity contribution in [3.8, 4) is 0 Å². The van der Waals surface area contributed by atoms with Crippen LogP contribution in [0.4, 0.5) is 0 Å². The van der Waals surface area contributed by atoms with Crippen molar-refractivity contribution in [2.24, 2.45) is 11.8 Å². The summed E-state index contributed by atoms with van der Waals surface area (Å²) in [5.41, 5.74) is 0. The number of carbonyl (C=O) groups is 1. The molecule has 18 heavy (non-hydrogen) atoms. The molecular formula is C14H22N2O2. The maximum Gasteiger partial charge on any atom is 0.308 e. The van der Waals surface area contributed by atoms with Crippen LogP contribution in [-0.2, 0) is 4.79 Å². The molecule has 5 aliphatic rings. The zero-order valence-corrected chi connectivity index (χ0v) is 10.8. The van der Waals surface area contributed by atoms with Gasteiger partial charge in [0.15, 0.2) is 0 Å². The summed E-state index contributed by atoms with van der Waals surface area (Å²) in [5, 5.41) is 9.35. The summed E-state index contributed by atoms with van der Waals surface area (Å²) in [6.07, 6.45) is 5.92. The van der Waals surface area contributed by atoms with E-state index in [-0.39, 0.29) is 5.92 Å². The molecule has 4 heteroatoms. The predicted octanol–water partition coefficient (Wildman–Crippen LogP) is 1.02. The molecule has 5 fully saturated rings. The van der Waals surface area contributed by atoms with E-state index in [4.69, 9.17) is 0 Å². The number of rotatable bonds is 2. The third kappa shape index (κ3) is 1.48. The molecule has 0 saturated carbocycles. The van der Waals surface area contributed by atoms with Gasteiger partial charge in [-0.25, -0.2) is 0 Å². The van der Waals surface area contributed by atoms with Crippen molar-refractivity contribution in [1.29, 1.82) is 0 Å². The molecule has 1 N–H and O–H groups in total. The average Bonchev–Trinajstić information content (AvgIpc) is 2.97. The van der Waals surface area contributed by atoms with Gasteiger partial charge in [-0.2, -0.15) is 0 Å². The molecule has 4 atom stereocenters. The molecule has 4 nitrogen and oxygen atoms in total. The van der Waals surface area contributed by atoms with Crippen molar-refractivity contribution < 1.29 is 9.90 Å². The van der Waals surface area contributed by atoms with Crippen molar-refractivity contribution in [2.75, 3.05) is 19.6 Å². The van der Waals surface area contributed by atoms with E-state index in [9.17, 15) is 9.90 Å². The van der Waals surface area contributed by atoms with Crippen LogP contribution in [0.25, 0.3) is 0 Å². The van der Waals surface area contributed by atoms with Gasteiger partial charge in [-0.05, 0) is 51.1 Å². The molecule has 4 bridgehead atoms. The number of carboxylic acid groups (broad SMARTS) is 1. The molecule has 0 radical (unpaired) electrons. The fraction of sp³-hybridized carbons (Fsp3) is 0.929. The third-order valence-corrected chi connectivity index (χ3v) is 5.91. The lowest BCUT2D eigenvalue weighted by Gasteiger charge is -2.49. The van der Waals surface area contributed by atoms with Crippen molar-refractivity contribution in [1.82, 2.24) is 9.80 Å². The van der Waals surface area contributed by atoms with Crippen molar-refractivity contribution in [2.45, 2.75) is 50.2 Å². The van der Waals surface area contributed by atoms with Gasteiger partial charge in [0.1, 0.15) is 0 Å². The fourth-order valence-electron chi connectivity index (χ4n) is 5.08. The van der Waals surface area contributed by atoms with Crippen LogP contribution in [0.2, 0.25) is 0 Å². The Labute approximate surface area is 108 Å². The zero-order valence-electron chi connectivity index (χ0n) is 10.8. The van der Waals surface area contributed by atoms with Gasteiger partial charge in [0, 0.05) is 24.7 Å². The van der Waals surface area contributed by atoms with Crippen molar-refractivity contribution in [3.63, 3.8) is 0 Å². The largest absolute Gasteiger partial charge is 0.481 e. The Kier molecular flexibility index (Phi) is 2.46. The SMILES string of the molecule is O=C(O)C1CC2CCC1N2C1CN2CCC1CC2. The molecule has 4 unspecified atom stereocenters. The minimum absolute atomic E-state index is 0.0841. The number of hydrogen-bond donors (Lipinski definition) is 1. The second-order valence-corrected chi connectivity index (χ2v) is 6.63. The number of hydrogen-bond acceptors (Lipinski definition) is 3. The Morgan fingerprint density at radius 3 is 2.39 bits per heavy atom. The van der Waals surface area contributed by atoms with Crippen LogP contribution in [0.1, 0.15) is 32.1 Å². The van der Waals surface area contributed by atoms with E-state index < -0.39 is 5.97 Å². The molecule has 5 aliphatic heterocycles. The summed E-state index contributed by atoms with van der Waals surface area (Å²) in [7, 11) is 0. The minimum atomic E-state index is -0.562. The lowest BCUT2D eigenvalue weighted by molar-refractivity contribution is -0.143. The first kappa shape index (κ1) is 11.2. The van der Waals surface area contributed by atoms with Gasteiger partial charge in [-0.15, -0.1) is 0 Å². The van der Waals surface area contributed by atoms with Gasteiger partial charge >= 0.3 is 5.97 Å². The summed E-state index contributed by atoms with van der Waals surface area (Å²) in [4.78, 5) is 16.6. The van der Waals surface area contributed by atoms with Gasteiger partial charge in [-0.1, -0.05) is 0 Å². The highest BCUT2D eigenvalue weighted by Gasteiger charge is 2.54. The highest BCUT2D eigenvalue weighted by molar-refractivity contribution is 5.71.